The van der Waals surface area contributed by atoms with E-state index in [1.165, 1.54) is 6.92 Å². The second-order valence-corrected chi connectivity index (χ2v) is 4.51. The highest BCUT2D eigenvalue weighted by molar-refractivity contribution is 6.01. The van der Waals surface area contributed by atoms with E-state index in [4.69, 9.17) is 0 Å². The second-order valence-electron chi connectivity index (χ2n) is 4.51. The Labute approximate surface area is 117 Å². The van der Waals surface area contributed by atoms with Crippen molar-refractivity contribution < 1.29 is 23.3 Å². The summed E-state index contributed by atoms with van der Waals surface area (Å²) >= 11 is 0. The lowest BCUT2D eigenvalue weighted by atomic mass is 10.1. The van der Waals surface area contributed by atoms with Gasteiger partial charge in [-0.1, -0.05) is 0 Å². The molecular formula is C12H11F2N3O4. The van der Waals surface area contributed by atoms with Crippen LogP contribution < -0.4 is 5.32 Å². The van der Waals surface area contributed by atoms with Crippen LogP contribution in [0.15, 0.2) is 12.1 Å². The Hall–Kier alpha value is -2.58. The molecule has 0 saturated carbocycles. The van der Waals surface area contributed by atoms with Crippen molar-refractivity contribution in [1.29, 1.82) is 0 Å². The Kier molecular flexibility index (Phi) is 3.83. The first kappa shape index (κ1) is 14.8. The number of hydrogen-bond acceptors (Lipinski definition) is 4. The minimum Gasteiger partial charge on any atom is -0.353 e. The smallest absolute Gasteiger partial charge is 0.285 e. The Morgan fingerprint density at radius 1 is 1.43 bits per heavy atom. The largest absolute Gasteiger partial charge is 0.353 e. The molecule has 0 radical (unpaired) electrons. The number of halogens is 2. The number of piperazine rings is 1. The number of nitrogens with one attached hydrogen (secondary N) is 1. The van der Waals surface area contributed by atoms with E-state index in [-0.39, 0.29) is 13.1 Å². The normalized spacial score (nSPS) is 18.3. The van der Waals surface area contributed by atoms with E-state index >= 15 is 0 Å². The van der Waals surface area contributed by atoms with Gasteiger partial charge >= 0.3 is 0 Å². The predicted octanol–water partition coefficient (Wildman–Crippen LogP) is 0.834. The predicted molar refractivity (Wildman–Crippen MR) is 66.5 cm³/mol. The van der Waals surface area contributed by atoms with Gasteiger partial charge in [0, 0.05) is 13.1 Å². The molecule has 0 bridgehead atoms. The number of nitro groups is 1. The lowest BCUT2D eigenvalue weighted by Crippen LogP contribution is -2.55. The summed E-state index contributed by atoms with van der Waals surface area (Å²) in [5, 5.41) is 13.4. The van der Waals surface area contributed by atoms with E-state index in [1.54, 1.807) is 0 Å². The average Bonchev–Trinajstić information content (AvgIpc) is 2.43. The minimum atomic E-state index is -1.41. The van der Waals surface area contributed by atoms with Crippen molar-refractivity contribution in [3.05, 3.63) is 39.4 Å². The molecule has 1 aromatic rings. The van der Waals surface area contributed by atoms with Gasteiger partial charge in [-0.3, -0.25) is 19.7 Å². The monoisotopic (exact) mass is 299 g/mol. The molecular weight excluding hydrogens is 288 g/mol. The highest BCUT2D eigenvalue weighted by Gasteiger charge is 2.34. The Bertz CT molecular complexity index is 635. The topological polar surface area (TPSA) is 92.6 Å². The number of benzene rings is 1. The molecule has 112 valence electrons. The second kappa shape index (κ2) is 5.43. The zero-order chi connectivity index (χ0) is 15.7. The van der Waals surface area contributed by atoms with E-state index in [0.717, 1.165) is 4.90 Å². The van der Waals surface area contributed by atoms with Crippen LogP contribution in [-0.2, 0) is 4.79 Å². The highest BCUT2D eigenvalue weighted by atomic mass is 19.2. The van der Waals surface area contributed by atoms with Gasteiger partial charge in [0.25, 0.3) is 11.6 Å². The molecule has 2 amide bonds. The minimum absolute atomic E-state index is 0.127. The van der Waals surface area contributed by atoms with Crippen LogP contribution in [-0.4, -0.2) is 40.8 Å². The quantitative estimate of drug-likeness (QED) is 0.646. The lowest BCUT2D eigenvalue weighted by molar-refractivity contribution is -0.385. The molecule has 1 aliphatic rings. The van der Waals surface area contributed by atoms with Gasteiger partial charge in [-0.05, 0) is 13.0 Å². The van der Waals surface area contributed by atoms with Crippen LogP contribution in [0.5, 0.6) is 0 Å². The van der Waals surface area contributed by atoms with Gasteiger partial charge in [0.15, 0.2) is 11.6 Å². The third-order valence-electron chi connectivity index (χ3n) is 3.23. The third-order valence-corrected chi connectivity index (χ3v) is 3.23. The van der Waals surface area contributed by atoms with Crippen molar-refractivity contribution in [2.24, 2.45) is 0 Å². The average molecular weight is 299 g/mol. The maximum absolute atomic E-state index is 13.3. The number of carbonyl (C=O) groups is 2. The molecule has 7 nitrogen and oxygen atoms in total. The number of rotatable bonds is 2. The molecule has 0 aliphatic carbocycles. The van der Waals surface area contributed by atoms with Crippen molar-refractivity contribution in [2.45, 2.75) is 13.0 Å². The number of nitrogens with zero attached hydrogens (tertiary/aromatic N) is 2. The van der Waals surface area contributed by atoms with E-state index in [2.05, 4.69) is 5.32 Å². The maximum atomic E-state index is 13.3. The Morgan fingerprint density at radius 3 is 2.67 bits per heavy atom. The molecule has 1 atom stereocenters. The summed E-state index contributed by atoms with van der Waals surface area (Å²) in [5.74, 6) is -4.08. The van der Waals surface area contributed by atoms with Crippen molar-refractivity contribution in [3.8, 4) is 0 Å². The molecule has 1 heterocycles. The fraction of sp³-hybridized carbons (Fsp3) is 0.333. The zero-order valence-corrected chi connectivity index (χ0v) is 10.9. The number of carbonyl (C=O) groups excluding carboxylic acids is 2. The van der Waals surface area contributed by atoms with Gasteiger partial charge in [-0.25, -0.2) is 8.78 Å². The van der Waals surface area contributed by atoms with Gasteiger partial charge in [0.05, 0.1) is 11.0 Å². The molecule has 1 aliphatic heterocycles. The third kappa shape index (κ3) is 2.67. The van der Waals surface area contributed by atoms with Gasteiger partial charge in [-0.15, -0.1) is 0 Å². The molecule has 1 aromatic carbocycles. The van der Waals surface area contributed by atoms with E-state index in [1.807, 2.05) is 0 Å². The number of nitro benzene ring substituents is 1. The molecule has 1 unspecified atom stereocenters. The molecule has 9 heteroatoms. The fourth-order valence-electron chi connectivity index (χ4n) is 2.07. The first-order valence-corrected chi connectivity index (χ1v) is 6.05. The first-order chi connectivity index (χ1) is 9.82. The Balaban J connectivity index is 2.45. The van der Waals surface area contributed by atoms with Crippen molar-refractivity contribution in [3.63, 3.8) is 0 Å². The number of hydrogen-bond donors (Lipinski definition) is 1. The summed E-state index contributed by atoms with van der Waals surface area (Å²) in [4.78, 5) is 34.8. The summed E-state index contributed by atoms with van der Waals surface area (Å²) in [6.07, 6.45) is 0. The molecule has 2 rings (SSSR count). The molecule has 0 aromatic heterocycles. The fourth-order valence-corrected chi connectivity index (χ4v) is 2.07. The van der Waals surface area contributed by atoms with Gasteiger partial charge < -0.3 is 10.2 Å². The summed E-state index contributed by atoms with van der Waals surface area (Å²) in [6.45, 7) is 1.76. The van der Waals surface area contributed by atoms with E-state index in [0.29, 0.717) is 12.1 Å². The van der Waals surface area contributed by atoms with Crippen LogP contribution >= 0.6 is 0 Å². The molecule has 21 heavy (non-hydrogen) atoms. The first-order valence-electron chi connectivity index (χ1n) is 6.05. The summed E-state index contributed by atoms with van der Waals surface area (Å²) in [5.41, 5.74) is -1.42. The zero-order valence-electron chi connectivity index (χ0n) is 10.9. The SMILES string of the molecule is CC1C(=O)NCCN1C(=O)c1cc(F)c(F)cc1[N+](=O)[O-]. The van der Waals surface area contributed by atoms with Crippen LogP contribution in [0.2, 0.25) is 0 Å². The summed E-state index contributed by atoms with van der Waals surface area (Å²) in [7, 11) is 0. The van der Waals surface area contributed by atoms with E-state index in [9.17, 15) is 28.5 Å². The maximum Gasteiger partial charge on any atom is 0.285 e. The van der Waals surface area contributed by atoms with Gasteiger partial charge in [0.1, 0.15) is 11.6 Å². The standard InChI is InChI=1S/C12H11F2N3O4/c1-6-11(18)15-2-3-16(6)12(19)7-4-8(13)9(14)5-10(7)17(20)21/h4-6H,2-3H2,1H3,(H,15,18). The molecule has 1 fully saturated rings. The van der Waals surface area contributed by atoms with E-state index < -0.39 is 45.7 Å². The Morgan fingerprint density at radius 2 is 2.05 bits per heavy atom. The van der Waals surface area contributed by atoms with Gasteiger partial charge in [-0.2, -0.15) is 0 Å². The molecule has 1 N–H and O–H groups in total. The van der Waals surface area contributed by atoms with Crippen molar-refractivity contribution in [1.82, 2.24) is 10.2 Å². The highest BCUT2D eigenvalue weighted by Crippen LogP contribution is 2.24. The summed E-state index contributed by atoms with van der Waals surface area (Å²) in [6, 6.07) is -0.00861. The van der Waals surface area contributed by atoms with Crippen LogP contribution in [0.25, 0.3) is 0 Å². The van der Waals surface area contributed by atoms with Crippen LogP contribution in [0.4, 0.5) is 14.5 Å². The van der Waals surface area contributed by atoms with Crippen molar-refractivity contribution >= 4 is 17.5 Å². The van der Waals surface area contributed by atoms with Crippen LogP contribution in [0.3, 0.4) is 0 Å². The van der Waals surface area contributed by atoms with Gasteiger partial charge in [0.2, 0.25) is 5.91 Å². The lowest BCUT2D eigenvalue weighted by Gasteiger charge is -2.32. The molecule has 1 saturated heterocycles. The molecule has 0 spiro atoms. The summed E-state index contributed by atoms with van der Waals surface area (Å²) < 4.78 is 26.4. The number of amides is 2. The van der Waals surface area contributed by atoms with Crippen LogP contribution in [0, 0.1) is 21.7 Å². The van der Waals surface area contributed by atoms with Crippen molar-refractivity contribution in [2.75, 3.05) is 13.1 Å². The van der Waals surface area contributed by atoms with Crippen LogP contribution in [0.1, 0.15) is 17.3 Å².